The smallest absolute Gasteiger partial charge is 0.261 e. The van der Waals surface area contributed by atoms with Crippen LogP contribution in [-0.2, 0) is 6.42 Å². The van der Waals surface area contributed by atoms with Crippen molar-refractivity contribution >= 4 is 43.4 Å². The van der Waals surface area contributed by atoms with Gasteiger partial charge in [-0.1, -0.05) is 22.0 Å². The molecule has 0 radical (unpaired) electrons. The van der Waals surface area contributed by atoms with Gasteiger partial charge in [-0.3, -0.25) is 4.79 Å². The number of aromatic nitrogens is 2. The number of halogens is 1. The molecule has 31 heavy (non-hydrogen) atoms. The number of aryl methyl sites for hydroxylation is 1. The van der Waals surface area contributed by atoms with Crippen LogP contribution in [0.3, 0.4) is 0 Å². The molecule has 2 aromatic heterocycles. The molecule has 2 heterocycles. The Kier molecular flexibility index (Phi) is 6.29. The number of thiophene rings is 1. The van der Waals surface area contributed by atoms with Gasteiger partial charge in [-0.15, -0.1) is 11.3 Å². The Labute approximate surface area is 192 Å². The molecule has 0 aliphatic heterocycles. The Morgan fingerprint density at radius 3 is 2.55 bits per heavy atom. The van der Waals surface area contributed by atoms with Crippen molar-refractivity contribution in [2.75, 3.05) is 20.8 Å². The Morgan fingerprint density at radius 1 is 1.10 bits per heavy atom. The lowest BCUT2D eigenvalue weighted by Gasteiger charge is -2.10. The number of nitrogens with one attached hydrogen (secondary N) is 1. The lowest BCUT2D eigenvalue weighted by molar-refractivity contribution is 0.0958. The first-order valence-electron chi connectivity index (χ1n) is 9.74. The fourth-order valence-corrected chi connectivity index (χ4v) is 4.72. The number of rotatable bonds is 7. The van der Waals surface area contributed by atoms with Crippen LogP contribution in [0.2, 0.25) is 0 Å². The fraction of sp³-hybridized carbons (Fsp3) is 0.217. The molecule has 0 fully saturated rings. The van der Waals surface area contributed by atoms with E-state index in [1.807, 2.05) is 60.1 Å². The summed E-state index contributed by atoms with van der Waals surface area (Å²) in [4.78, 5) is 14.4. The normalized spacial score (nSPS) is 11.0. The van der Waals surface area contributed by atoms with Crippen LogP contribution in [0.4, 0.5) is 0 Å². The number of amides is 1. The number of carbonyl (C=O) groups is 1. The molecular weight excluding hydrogens is 478 g/mol. The van der Waals surface area contributed by atoms with Crippen LogP contribution in [0, 0.1) is 6.92 Å². The van der Waals surface area contributed by atoms with Crippen molar-refractivity contribution in [1.82, 2.24) is 15.1 Å². The fourth-order valence-electron chi connectivity index (χ4n) is 3.36. The highest BCUT2D eigenvalue weighted by molar-refractivity contribution is 9.10. The molecule has 0 atom stereocenters. The summed E-state index contributed by atoms with van der Waals surface area (Å²) in [7, 11) is 3.22. The van der Waals surface area contributed by atoms with Crippen molar-refractivity contribution in [2.24, 2.45) is 0 Å². The van der Waals surface area contributed by atoms with Gasteiger partial charge in [0, 0.05) is 16.4 Å². The molecule has 1 amide bonds. The summed E-state index contributed by atoms with van der Waals surface area (Å²) in [5, 5.41) is 8.65. The zero-order chi connectivity index (χ0) is 22.0. The predicted octanol–water partition coefficient (Wildman–Crippen LogP) is 5.15. The summed E-state index contributed by atoms with van der Waals surface area (Å²) in [6.45, 7) is 2.49. The summed E-state index contributed by atoms with van der Waals surface area (Å²) in [5.74, 6) is 1.29. The van der Waals surface area contributed by atoms with Crippen LogP contribution in [0.5, 0.6) is 11.5 Å². The van der Waals surface area contributed by atoms with E-state index in [2.05, 4.69) is 26.3 Å². The van der Waals surface area contributed by atoms with Crippen LogP contribution in [0.25, 0.3) is 15.9 Å². The zero-order valence-electron chi connectivity index (χ0n) is 17.4. The minimum absolute atomic E-state index is 0.0802. The highest BCUT2D eigenvalue weighted by Gasteiger charge is 2.17. The summed E-state index contributed by atoms with van der Waals surface area (Å²) in [6.07, 6.45) is 0.697. The minimum atomic E-state index is -0.0802. The number of nitrogens with zero attached hydrogens (tertiary/aromatic N) is 2. The maximum absolute atomic E-state index is 12.7. The van der Waals surface area contributed by atoms with Crippen LogP contribution >= 0.6 is 27.3 Å². The highest BCUT2D eigenvalue weighted by atomic mass is 79.9. The number of ether oxygens (including phenoxy) is 2. The molecule has 0 bridgehead atoms. The Bertz CT molecular complexity index is 1230. The van der Waals surface area contributed by atoms with E-state index in [4.69, 9.17) is 9.47 Å². The second-order valence-electron chi connectivity index (χ2n) is 7.00. The average Bonchev–Trinajstić information content (AvgIpc) is 3.35. The zero-order valence-corrected chi connectivity index (χ0v) is 19.8. The molecular formula is C23H22BrN3O3S. The topological polar surface area (TPSA) is 65.4 Å². The van der Waals surface area contributed by atoms with E-state index in [-0.39, 0.29) is 5.91 Å². The van der Waals surface area contributed by atoms with Crippen LogP contribution in [0.15, 0.2) is 53.0 Å². The first-order valence-corrected chi connectivity index (χ1v) is 11.4. The van der Waals surface area contributed by atoms with Gasteiger partial charge in [0.25, 0.3) is 5.91 Å². The quantitative estimate of drug-likeness (QED) is 0.381. The first kappa shape index (κ1) is 21.4. The van der Waals surface area contributed by atoms with Crippen LogP contribution in [-0.4, -0.2) is 36.5 Å². The molecule has 8 heteroatoms. The molecule has 0 spiro atoms. The number of benzene rings is 2. The van der Waals surface area contributed by atoms with E-state index in [1.165, 1.54) is 11.3 Å². The second kappa shape index (κ2) is 9.11. The van der Waals surface area contributed by atoms with Gasteiger partial charge >= 0.3 is 0 Å². The van der Waals surface area contributed by atoms with Gasteiger partial charge in [0.2, 0.25) is 0 Å². The molecule has 4 rings (SSSR count). The van der Waals surface area contributed by atoms with Crippen LogP contribution in [0.1, 0.15) is 20.9 Å². The van der Waals surface area contributed by atoms with Gasteiger partial charge in [-0.05, 0) is 61.4 Å². The van der Waals surface area contributed by atoms with Crippen molar-refractivity contribution in [2.45, 2.75) is 13.3 Å². The standard InChI is InChI=1S/C23H22BrN3O3S/c1-14-18-13-21(31-23(18)27(26-14)17-7-5-16(24)6-8-17)22(28)25-11-10-15-4-9-19(29-2)20(12-15)30-3/h4-9,12-13H,10-11H2,1-3H3,(H,25,28). The number of carbonyl (C=O) groups excluding carboxylic acids is 1. The highest BCUT2D eigenvalue weighted by Crippen LogP contribution is 2.31. The Hall–Kier alpha value is -2.84. The van der Waals surface area contributed by atoms with Gasteiger partial charge in [-0.25, -0.2) is 4.68 Å². The van der Waals surface area contributed by atoms with Crippen molar-refractivity contribution in [3.8, 4) is 17.2 Å². The maximum Gasteiger partial charge on any atom is 0.261 e. The van der Waals surface area contributed by atoms with Gasteiger partial charge < -0.3 is 14.8 Å². The van der Waals surface area contributed by atoms with Gasteiger partial charge in [0.1, 0.15) is 4.83 Å². The molecule has 0 saturated carbocycles. The molecule has 2 aromatic carbocycles. The monoisotopic (exact) mass is 499 g/mol. The largest absolute Gasteiger partial charge is 0.493 e. The van der Waals surface area contributed by atoms with Crippen LogP contribution < -0.4 is 14.8 Å². The number of hydrogen-bond acceptors (Lipinski definition) is 5. The van der Waals surface area contributed by atoms with Crippen molar-refractivity contribution in [3.05, 3.63) is 69.1 Å². The van der Waals surface area contributed by atoms with E-state index in [9.17, 15) is 4.79 Å². The summed E-state index contributed by atoms with van der Waals surface area (Å²) < 4.78 is 13.5. The molecule has 6 nitrogen and oxygen atoms in total. The summed E-state index contributed by atoms with van der Waals surface area (Å²) in [5.41, 5.74) is 2.93. The molecule has 0 unspecified atom stereocenters. The van der Waals surface area contributed by atoms with Gasteiger partial charge in [0.15, 0.2) is 11.5 Å². The molecule has 160 valence electrons. The molecule has 1 N–H and O–H groups in total. The molecule has 0 saturated heterocycles. The van der Waals surface area contributed by atoms with Crippen molar-refractivity contribution in [3.63, 3.8) is 0 Å². The summed E-state index contributed by atoms with van der Waals surface area (Å²) >= 11 is 4.91. The first-order chi connectivity index (χ1) is 15.0. The predicted molar refractivity (Wildman–Crippen MR) is 127 cm³/mol. The third-order valence-electron chi connectivity index (χ3n) is 4.99. The van der Waals surface area contributed by atoms with E-state index < -0.39 is 0 Å². The summed E-state index contributed by atoms with van der Waals surface area (Å²) in [6, 6.07) is 15.7. The number of fused-ring (bicyclic) bond motifs is 1. The lowest BCUT2D eigenvalue weighted by Crippen LogP contribution is -2.24. The Morgan fingerprint density at radius 2 is 1.84 bits per heavy atom. The number of hydrogen-bond donors (Lipinski definition) is 1. The van der Waals surface area contributed by atoms with Crippen molar-refractivity contribution in [1.29, 1.82) is 0 Å². The van der Waals surface area contributed by atoms with E-state index in [0.717, 1.165) is 31.6 Å². The lowest BCUT2D eigenvalue weighted by atomic mass is 10.1. The number of methoxy groups -OCH3 is 2. The third kappa shape index (κ3) is 4.45. The maximum atomic E-state index is 12.7. The molecule has 0 aliphatic rings. The van der Waals surface area contributed by atoms with Gasteiger partial charge in [0.05, 0.1) is 30.5 Å². The average molecular weight is 500 g/mol. The molecule has 0 aliphatic carbocycles. The third-order valence-corrected chi connectivity index (χ3v) is 6.62. The van der Waals surface area contributed by atoms with E-state index in [1.54, 1.807) is 14.2 Å². The van der Waals surface area contributed by atoms with Crippen molar-refractivity contribution < 1.29 is 14.3 Å². The second-order valence-corrected chi connectivity index (χ2v) is 8.94. The van der Waals surface area contributed by atoms with E-state index in [0.29, 0.717) is 29.3 Å². The minimum Gasteiger partial charge on any atom is -0.493 e. The molecule has 4 aromatic rings. The van der Waals surface area contributed by atoms with Gasteiger partial charge in [-0.2, -0.15) is 5.10 Å². The van der Waals surface area contributed by atoms with E-state index >= 15 is 0 Å². The SMILES string of the molecule is COc1ccc(CCNC(=O)c2cc3c(C)nn(-c4ccc(Br)cc4)c3s2)cc1OC. The Balaban J connectivity index is 1.47.